The number of anilines is 1. The van der Waals surface area contributed by atoms with Gasteiger partial charge in [-0.2, -0.15) is 4.37 Å². The Kier molecular flexibility index (Phi) is 5.00. The van der Waals surface area contributed by atoms with Crippen molar-refractivity contribution in [2.75, 3.05) is 11.4 Å². The molecule has 5 heteroatoms. The third-order valence-corrected chi connectivity index (χ3v) is 3.98. The Hall–Kier alpha value is -1.83. The van der Waals surface area contributed by atoms with Crippen LogP contribution in [-0.4, -0.2) is 16.8 Å². The minimum Gasteiger partial charge on any atom is -0.290 e. The summed E-state index contributed by atoms with van der Waals surface area (Å²) in [6.07, 6.45) is 5.36. The molecule has 1 heterocycles. The molecule has 0 aliphatic heterocycles. The second-order valence-corrected chi connectivity index (χ2v) is 6.06. The summed E-state index contributed by atoms with van der Waals surface area (Å²) in [5.74, 6) is 2.41. The summed E-state index contributed by atoms with van der Waals surface area (Å²) in [4.78, 5) is 13.8. The van der Waals surface area contributed by atoms with Gasteiger partial charge in [-0.05, 0) is 23.7 Å². The average molecular weight is 319 g/mol. The maximum absolute atomic E-state index is 12.2. The minimum absolute atomic E-state index is 0.000689. The molecule has 3 nitrogen and oxygen atoms in total. The van der Waals surface area contributed by atoms with Crippen LogP contribution in [0.5, 0.6) is 0 Å². The number of amides is 1. The molecule has 0 aliphatic carbocycles. The number of nitrogens with zero attached hydrogens (tertiary/aromatic N) is 2. The molecule has 0 fully saturated rings. The summed E-state index contributed by atoms with van der Waals surface area (Å²) in [5.41, 5.74) is 1.77. The fourth-order valence-electron chi connectivity index (χ4n) is 1.82. The Balaban J connectivity index is 2.30. The van der Waals surface area contributed by atoms with Crippen LogP contribution in [0.1, 0.15) is 13.8 Å². The van der Waals surface area contributed by atoms with Crippen LogP contribution in [0.15, 0.2) is 30.3 Å². The van der Waals surface area contributed by atoms with E-state index in [0.29, 0.717) is 5.02 Å². The molecule has 0 saturated heterocycles. The van der Waals surface area contributed by atoms with E-state index in [9.17, 15) is 4.79 Å². The topological polar surface area (TPSA) is 33.2 Å². The van der Waals surface area contributed by atoms with Crippen molar-refractivity contribution in [2.45, 2.75) is 13.8 Å². The standard InChI is InChI=1S/C16H15ClN2OS/c1-4-9-19(16(20)11(2)3)15-10-14(18-21-15)12-5-7-13(17)8-6-12/h1,5-8,10-11H,9H2,2-3H3. The van der Waals surface area contributed by atoms with Crippen LogP contribution in [0.4, 0.5) is 5.00 Å². The van der Waals surface area contributed by atoms with E-state index < -0.39 is 0 Å². The van der Waals surface area contributed by atoms with Gasteiger partial charge in [0.2, 0.25) is 5.91 Å². The molecule has 0 N–H and O–H groups in total. The summed E-state index contributed by atoms with van der Waals surface area (Å²) in [5, 5.41) is 1.44. The average Bonchev–Trinajstić information content (AvgIpc) is 2.94. The van der Waals surface area contributed by atoms with Crippen molar-refractivity contribution in [3.05, 3.63) is 35.4 Å². The van der Waals surface area contributed by atoms with Crippen LogP contribution in [0.3, 0.4) is 0 Å². The first-order valence-corrected chi connectivity index (χ1v) is 7.65. The lowest BCUT2D eigenvalue weighted by molar-refractivity contribution is -0.121. The van der Waals surface area contributed by atoms with E-state index in [1.165, 1.54) is 11.5 Å². The second kappa shape index (κ2) is 6.75. The first-order chi connectivity index (χ1) is 10.0. The Labute approximate surface area is 133 Å². The van der Waals surface area contributed by atoms with Crippen LogP contribution < -0.4 is 4.90 Å². The zero-order chi connectivity index (χ0) is 15.4. The molecule has 1 aromatic heterocycles. The van der Waals surface area contributed by atoms with Crippen molar-refractivity contribution in [1.82, 2.24) is 4.37 Å². The quantitative estimate of drug-likeness (QED) is 0.796. The lowest BCUT2D eigenvalue weighted by atomic mass is 10.1. The first-order valence-electron chi connectivity index (χ1n) is 6.50. The fraction of sp³-hybridized carbons (Fsp3) is 0.250. The number of aromatic nitrogens is 1. The number of carbonyl (C=O) groups is 1. The molecular weight excluding hydrogens is 304 g/mol. The Bertz CT molecular complexity index is 670. The molecule has 21 heavy (non-hydrogen) atoms. The van der Waals surface area contributed by atoms with Crippen LogP contribution in [-0.2, 0) is 4.79 Å². The largest absolute Gasteiger partial charge is 0.290 e. The van der Waals surface area contributed by atoms with Crippen molar-refractivity contribution in [3.63, 3.8) is 0 Å². The van der Waals surface area contributed by atoms with E-state index in [1.807, 2.05) is 44.2 Å². The second-order valence-electron chi connectivity index (χ2n) is 4.84. The van der Waals surface area contributed by atoms with Gasteiger partial charge in [-0.15, -0.1) is 6.42 Å². The first kappa shape index (κ1) is 15.6. The van der Waals surface area contributed by atoms with E-state index in [4.69, 9.17) is 18.0 Å². The van der Waals surface area contributed by atoms with E-state index in [2.05, 4.69) is 10.3 Å². The number of hydrogen-bond acceptors (Lipinski definition) is 3. The highest BCUT2D eigenvalue weighted by atomic mass is 35.5. The molecule has 0 saturated carbocycles. The third-order valence-electron chi connectivity index (χ3n) is 2.91. The van der Waals surface area contributed by atoms with Gasteiger partial charge in [0, 0.05) is 22.6 Å². The van der Waals surface area contributed by atoms with Gasteiger partial charge in [-0.25, -0.2) is 0 Å². The molecule has 1 aromatic carbocycles. The molecule has 1 amide bonds. The Morgan fingerprint density at radius 1 is 1.43 bits per heavy atom. The summed E-state index contributed by atoms with van der Waals surface area (Å²) in [6.45, 7) is 3.96. The zero-order valence-electron chi connectivity index (χ0n) is 11.8. The van der Waals surface area contributed by atoms with Crippen molar-refractivity contribution >= 4 is 34.0 Å². The normalized spacial score (nSPS) is 10.4. The number of carbonyl (C=O) groups excluding carboxylic acids is 1. The van der Waals surface area contributed by atoms with Crippen LogP contribution >= 0.6 is 23.1 Å². The molecule has 0 atom stereocenters. The van der Waals surface area contributed by atoms with Gasteiger partial charge < -0.3 is 0 Å². The highest BCUT2D eigenvalue weighted by molar-refractivity contribution is 7.10. The number of halogens is 1. The van der Waals surface area contributed by atoms with Crippen molar-refractivity contribution in [1.29, 1.82) is 0 Å². The van der Waals surface area contributed by atoms with E-state index in [0.717, 1.165) is 16.3 Å². The monoisotopic (exact) mass is 318 g/mol. The van der Waals surface area contributed by atoms with Crippen LogP contribution in [0.25, 0.3) is 11.3 Å². The minimum atomic E-state index is -0.112. The van der Waals surface area contributed by atoms with Crippen LogP contribution in [0.2, 0.25) is 5.02 Å². The molecule has 0 aliphatic rings. The number of hydrogen-bond donors (Lipinski definition) is 0. The highest BCUT2D eigenvalue weighted by Gasteiger charge is 2.20. The maximum atomic E-state index is 12.2. The van der Waals surface area contributed by atoms with Gasteiger partial charge in [-0.1, -0.05) is 43.5 Å². The number of rotatable bonds is 4. The summed E-state index contributed by atoms with van der Waals surface area (Å²) in [7, 11) is 0. The molecule has 2 aromatic rings. The predicted octanol–water partition coefficient (Wildman–Crippen LogP) is 4.09. The maximum Gasteiger partial charge on any atom is 0.231 e. The third kappa shape index (κ3) is 3.63. The molecular formula is C16H15ClN2OS. The molecule has 2 rings (SSSR count). The van der Waals surface area contributed by atoms with Crippen molar-refractivity contribution < 1.29 is 4.79 Å². The van der Waals surface area contributed by atoms with Gasteiger partial charge in [0.05, 0.1) is 12.2 Å². The molecule has 0 bridgehead atoms. The van der Waals surface area contributed by atoms with Crippen LogP contribution in [0, 0.1) is 18.3 Å². The van der Waals surface area contributed by atoms with E-state index >= 15 is 0 Å². The summed E-state index contributed by atoms with van der Waals surface area (Å²) < 4.78 is 4.40. The lowest BCUT2D eigenvalue weighted by Crippen LogP contribution is -2.33. The van der Waals surface area contributed by atoms with Gasteiger partial charge >= 0.3 is 0 Å². The smallest absolute Gasteiger partial charge is 0.231 e. The van der Waals surface area contributed by atoms with Gasteiger partial charge in [0.15, 0.2) is 0 Å². The molecule has 0 unspecified atom stereocenters. The number of terminal acetylenes is 1. The fourth-order valence-corrected chi connectivity index (χ4v) is 2.71. The van der Waals surface area contributed by atoms with E-state index in [-0.39, 0.29) is 18.4 Å². The lowest BCUT2D eigenvalue weighted by Gasteiger charge is -2.19. The zero-order valence-corrected chi connectivity index (χ0v) is 13.4. The van der Waals surface area contributed by atoms with Crippen molar-refractivity contribution in [3.8, 4) is 23.6 Å². The SMILES string of the molecule is C#CCN(C(=O)C(C)C)c1cc(-c2ccc(Cl)cc2)ns1. The van der Waals surface area contributed by atoms with Gasteiger partial charge in [0.25, 0.3) is 0 Å². The molecule has 108 valence electrons. The van der Waals surface area contributed by atoms with Gasteiger partial charge in [-0.3, -0.25) is 9.69 Å². The van der Waals surface area contributed by atoms with Crippen molar-refractivity contribution in [2.24, 2.45) is 5.92 Å². The Morgan fingerprint density at radius 2 is 2.10 bits per heavy atom. The molecule has 0 radical (unpaired) electrons. The highest BCUT2D eigenvalue weighted by Crippen LogP contribution is 2.29. The summed E-state index contributed by atoms with van der Waals surface area (Å²) >= 11 is 7.15. The predicted molar refractivity (Wildman–Crippen MR) is 88.6 cm³/mol. The molecule has 0 spiro atoms. The number of benzene rings is 1. The Morgan fingerprint density at radius 3 is 2.67 bits per heavy atom. The van der Waals surface area contributed by atoms with E-state index in [1.54, 1.807) is 4.90 Å². The summed E-state index contributed by atoms with van der Waals surface area (Å²) in [6, 6.07) is 9.31. The van der Waals surface area contributed by atoms with Gasteiger partial charge in [0.1, 0.15) is 5.00 Å².